The lowest BCUT2D eigenvalue weighted by atomic mass is 9.97. The van der Waals surface area contributed by atoms with Crippen molar-refractivity contribution < 1.29 is 14.3 Å². The van der Waals surface area contributed by atoms with Crippen LogP contribution in [0.4, 0.5) is 0 Å². The van der Waals surface area contributed by atoms with Crippen molar-refractivity contribution in [3.8, 4) is 5.88 Å². The lowest BCUT2D eigenvalue weighted by Crippen LogP contribution is -2.50. The molecule has 8 nitrogen and oxygen atoms in total. The number of aromatic nitrogens is 2. The number of nitrogens with one attached hydrogen (secondary N) is 1. The van der Waals surface area contributed by atoms with Gasteiger partial charge in [-0.05, 0) is 12.8 Å². The number of piperazine rings is 1. The van der Waals surface area contributed by atoms with Gasteiger partial charge in [-0.3, -0.25) is 19.2 Å². The van der Waals surface area contributed by atoms with Crippen molar-refractivity contribution in [1.29, 1.82) is 0 Å². The molecule has 1 aromatic rings. The second-order valence-electron chi connectivity index (χ2n) is 7.42. The highest BCUT2D eigenvalue weighted by Crippen LogP contribution is 2.18. The Hall–Kier alpha value is -2.09. The third-order valence-electron chi connectivity index (χ3n) is 5.25. The summed E-state index contributed by atoms with van der Waals surface area (Å²) in [6.07, 6.45) is 5.69. The molecule has 1 aromatic heterocycles. The standard InChI is InChI=1S/C20H35N5O3/c1-5-7-16(8-6-2)18(26)21-9-10-24-11-13-25(14-12-24)20(27)17-15-23(3)22-19(17)28-4/h15-16H,5-14H2,1-4H3,(H,21,26). The van der Waals surface area contributed by atoms with Crippen LogP contribution in [-0.2, 0) is 11.8 Å². The first-order chi connectivity index (χ1) is 13.5. The Morgan fingerprint density at radius 1 is 1.18 bits per heavy atom. The molecule has 2 rings (SSSR count). The van der Waals surface area contributed by atoms with Gasteiger partial charge in [0.1, 0.15) is 5.56 Å². The second-order valence-corrected chi connectivity index (χ2v) is 7.42. The molecule has 0 atom stereocenters. The Bertz CT molecular complexity index is 632. The van der Waals surface area contributed by atoms with Gasteiger partial charge in [0.05, 0.1) is 7.11 Å². The molecule has 0 unspecified atom stereocenters. The summed E-state index contributed by atoms with van der Waals surface area (Å²) in [5.41, 5.74) is 0.503. The molecule has 0 bridgehead atoms. The summed E-state index contributed by atoms with van der Waals surface area (Å²) in [5.74, 6) is 0.645. The third kappa shape index (κ3) is 5.95. The molecule has 2 heterocycles. The molecule has 28 heavy (non-hydrogen) atoms. The average molecular weight is 394 g/mol. The molecular formula is C20H35N5O3. The molecule has 158 valence electrons. The van der Waals surface area contributed by atoms with Gasteiger partial charge in [0.15, 0.2) is 0 Å². The Morgan fingerprint density at radius 2 is 1.82 bits per heavy atom. The molecule has 1 saturated heterocycles. The Morgan fingerprint density at radius 3 is 2.39 bits per heavy atom. The molecule has 1 fully saturated rings. The van der Waals surface area contributed by atoms with Crippen LogP contribution in [-0.4, -0.2) is 77.8 Å². The van der Waals surface area contributed by atoms with E-state index in [1.54, 1.807) is 17.9 Å². The van der Waals surface area contributed by atoms with Crippen molar-refractivity contribution >= 4 is 11.8 Å². The molecule has 1 aliphatic heterocycles. The third-order valence-corrected chi connectivity index (χ3v) is 5.25. The van der Waals surface area contributed by atoms with Crippen LogP contribution >= 0.6 is 0 Å². The van der Waals surface area contributed by atoms with Crippen molar-refractivity contribution in [2.45, 2.75) is 39.5 Å². The smallest absolute Gasteiger partial charge is 0.261 e. The van der Waals surface area contributed by atoms with Gasteiger partial charge in [0.2, 0.25) is 11.8 Å². The normalized spacial score (nSPS) is 15.1. The fourth-order valence-electron chi connectivity index (χ4n) is 3.70. The van der Waals surface area contributed by atoms with Gasteiger partial charge in [-0.15, -0.1) is 5.10 Å². The van der Waals surface area contributed by atoms with Gasteiger partial charge >= 0.3 is 0 Å². The quantitative estimate of drug-likeness (QED) is 0.652. The van der Waals surface area contributed by atoms with E-state index in [1.807, 2.05) is 4.90 Å². The average Bonchev–Trinajstić information content (AvgIpc) is 3.08. The van der Waals surface area contributed by atoms with Gasteiger partial charge in [-0.25, -0.2) is 0 Å². The van der Waals surface area contributed by atoms with E-state index < -0.39 is 0 Å². The number of carbonyl (C=O) groups excluding carboxylic acids is 2. The largest absolute Gasteiger partial charge is 0.479 e. The number of aryl methyl sites for hydroxylation is 1. The molecule has 0 aliphatic carbocycles. The van der Waals surface area contributed by atoms with Crippen LogP contribution in [0.3, 0.4) is 0 Å². The summed E-state index contributed by atoms with van der Waals surface area (Å²) in [5, 5.41) is 7.24. The Balaban J connectivity index is 1.75. The van der Waals surface area contributed by atoms with E-state index in [-0.39, 0.29) is 17.7 Å². The van der Waals surface area contributed by atoms with Gasteiger partial charge in [0.25, 0.3) is 5.91 Å². The van der Waals surface area contributed by atoms with Crippen molar-refractivity contribution in [3.05, 3.63) is 11.8 Å². The minimum absolute atomic E-state index is 0.0418. The monoisotopic (exact) mass is 393 g/mol. The van der Waals surface area contributed by atoms with Gasteiger partial charge in [-0.2, -0.15) is 0 Å². The molecule has 1 N–H and O–H groups in total. The highest BCUT2D eigenvalue weighted by Gasteiger charge is 2.26. The first kappa shape index (κ1) is 22.2. The number of carbonyl (C=O) groups is 2. The highest BCUT2D eigenvalue weighted by atomic mass is 16.5. The van der Waals surface area contributed by atoms with E-state index in [2.05, 4.69) is 29.2 Å². The van der Waals surface area contributed by atoms with Gasteiger partial charge in [0, 0.05) is 58.4 Å². The minimum Gasteiger partial charge on any atom is -0.479 e. The van der Waals surface area contributed by atoms with Gasteiger partial charge in [-0.1, -0.05) is 26.7 Å². The fraction of sp³-hybridized carbons (Fsp3) is 0.750. The van der Waals surface area contributed by atoms with E-state index in [4.69, 9.17) is 4.74 Å². The SMILES string of the molecule is CCCC(CCC)C(=O)NCCN1CCN(C(=O)c2cn(C)nc2OC)CC1. The second kappa shape index (κ2) is 11.0. The van der Waals surface area contributed by atoms with Crippen molar-refractivity contribution in [1.82, 2.24) is 24.9 Å². The molecule has 0 spiro atoms. The van der Waals surface area contributed by atoms with E-state index in [0.717, 1.165) is 45.3 Å². The number of hydrogen-bond donors (Lipinski definition) is 1. The fourth-order valence-corrected chi connectivity index (χ4v) is 3.70. The highest BCUT2D eigenvalue weighted by molar-refractivity contribution is 5.96. The van der Waals surface area contributed by atoms with Crippen LogP contribution in [0, 0.1) is 5.92 Å². The molecule has 0 saturated carbocycles. The number of amides is 2. The number of nitrogens with zero attached hydrogens (tertiary/aromatic N) is 4. The number of hydrogen-bond acceptors (Lipinski definition) is 5. The predicted octanol–water partition coefficient (Wildman–Crippen LogP) is 1.52. The molecule has 8 heteroatoms. The summed E-state index contributed by atoms with van der Waals surface area (Å²) in [6, 6.07) is 0. The first-order valence-electron chi connectivity index (χ1n) is 10.4. The molecule has 0 radical (unpaired) electrons. The Labute approximate surface area is 168 Å². The molecular weight excluding hydrogens is 358 g/mol. The molecule has 2 amide bonds. The van der Waals surface area contributed by atoms with Crippen molar-refractivity contribution in [2.75, 3.05) is 46.4 Å². The van der Waals surface area contributed by atoms with Crippen molar-refractivity contribution in [3.63, 3.8) is 0 Å². The zero-order chi connectivity index (χ0) is 20.5. The number of ether oxygens (including phenoxy) is 1. The number of rotatable bonds is 10. The summed E-state index contributed by atoms with van der Waals surface area (Å²) in [4.78, 5) is 29.2. The van der Waals surface area contributed by atoms with Crippen LogP contribution in [0.2, 0.25) is 0 Å². The van der Waals surface area contributed by atoms with Crippen LogP contribution in [0.25, 0.3) is 0 Å². The summed E-state index contributed by atoms with van der Waals surface area (Å²) < 4.78 is 6.79. The first-order valence-corrected chi connectivity index (χ1v) is 10.4. The predicted molar refractivity (Wildman–Crippen MR) is 108 cm³/mol. The van der Waals surface area contributed by atoms with E-state index in [0.29, 0.717) is 31.1 Å². The summed E-state index contributed by atoms with van der Waals surface area (Å²) in [6.45, 7) is 8.66. The van der Waals surface area contributed by atoms with Crippen LogP contribution in [0.15, 0.2) is 6.20 Å². The zero-order valence-corrected chi connectivity index (χ0v) is 17.7. The van der Waals surface area contributed by atoms with E-state index >= 15 is 0 Å². The van der Waals surface area contributed by atoms with Crippen LogP contribution in [0.1, 0.15) is 49.9 Å². The zero-order valence-electron chi connectivity index (χ0n) is 17.7. The summed E-state index contributed by atoms with van der Waals surface area (Å²) >= 11 is 0. The maximum absolute atomic E-state index is 12.7. The Kier molecular flexibility index (Phi) is 8.76. The lowest BCUT2D eigenvalue weighted by molar-refractivity contribution is -0.125. The maximum atomic E-state index is 12.7. The van der Waals surface area contributed by atoms with Gasteiger partial charge < -0.3 is 15.0 Å². The van der Waals surface area contributed by atoms with Crippen molar-refractivity contribution in [2.24, 2.45) is 13.0 Å². The van der Waals surface area contributed by atoms with Crippen LogP contribution in [0.5, 0.6) is 5.88 Å². The van der Waals surface area contributed by atoms with E-state index in [9.17, 15) is 9.59 Å². The van der Waals surface area contributed by atoms with E-state index in [1.165, 1.54) is 7.11 Å². The summed E-state index contributed by atoms with van der Waals surface area (Å²) in [7, 11) is 3.30. The maximum Gasteiger partial charge on any atom is 0.261 e. The topological polar surface area (TPSA) is 79.7 Å². The molecule has 0 aromatic carbocycles. The lowest BCUT2D eigenvalue weighted by Gasteiger charge is -2.34. The number of methoxy groups -OCH3 is 1. The molecule has 1 aliphatic rings. The minimum atomic E-state index is -0.0418. The van der Waals surface area contributed by atoms with Crippen LogP contribution < -0.4 is 10.1 Å².